The van der Waals surface area contributed by atoms with E-state index in [0.29, 0.717) is 11.2 Å². The smallest absolute Gasteiger partial charge is 0.194 e. The van der Waals surface area contributed by atoms with Gasteiger partial charge < -0.3 is 10.2 Å². The number of hydrogen-bond acceptors (Lipinski definition) is 4. The van der Waals surface area contributed by atoms with Gasteiger partial charge in [-0.05, 0) is 12.8 Å². The van der Waals surface area contributed by atoms with Gasteiger partial charge in [0, 0.05) is 36.0 Å². The Morgan fingerprint density at radius 2 is 2.33 bits per heavy atom. The van der Waals surface area contributed by atoms with Crippen molar-refractivity contribution in [3.05, 3.63) is 16.1 Å². The van der Waals surface area contributed by atoms with Crippen LogP contribution in [0.3, 0.4) is 0 Å². The van der Waals surface area contributed by atoms with Crippen molar-refractivity contribution >= 4 is 53.0 Å². The third-order valence-electron chi connectivity index (χ3n) is 3.60. The summed E-state index contributed by atoms with van der Waals surface area (Å²) in [5, 5.41) is 4.18. The van der Waals surface area contributed by atoms with E-state index in [9.17, 15) is 0 Å². The maximum Gasteiger partial charge on any atom is 0.194 e. The van der Waals surface area contributed by atoms with Crippen LogP contribution in [0.15, 0.2) is 10.5 Å². The summed E-state index contributed by atoms with van der Waals surface area (Å²) >= 11 is 3.79. The minimum atomic E-state index is 0. The Morgan fingerprint density at radius 1 is 1.57 bits per heavy atom. The maximum atomic E-state index is 4.44. The second-order valence-corrected chi connectivity index (χ2v) is 7.65. The average molecular weight is 440 g/mol. The van der Waals surface area contributed by atoms with E-state index in [0.717, 1.165) is 31.3 Å². The molecule has 4 nitrogen and oxygen atoms in total. The van der Waals surface area contributed by atoms with Crippen molar-refractivity contribution in [3.8, 4) is 0 Å². The zero-order valence-electron chi connectivity index (χ0n) is 13.1. The SMILES string of the molecule is CN=C(NCc1scnc1C)N1CCSC(C(C)C)C1.I. The Labute approximate surface area is 153 Å². The molecule has 1 unspecified atom stereocenters. The zero-order valence-corrected chi connectivity index (χ0v) is 17.1. The largest absolute Gasteiger partial charge is 0.351 e. The molecule has 1 saturated heterocycles. The lowest BCUT2D eigenvalue weighted by Gasteiger charge is -2.36. The molecule has 1 aromatic rings. The summed E-state index contributed by atoms with van der Waals surface area (Å²) in [5.74, 6) is 2.91. The van der Waals surface area contributed by atoms with Crippen molar-refractivity contribution in [2.24, 2.45) is 10.9 Å². The summed E-state index contributed by atoms with van der Waals surface area (Å²) in [6.45, 7) is 9.65. The summed E-state index contributed by atoms with van der Waals surface area (Å²) in [6.07, 6.45) is 0. The van der Waals surface area contributed by atoms with Crippen LogP contribution in [0.4, 0.5) is 0 Å². The van der Waals surface area contributed by atoms with Crippen LogP contribution in [-0.4, -0.2) is 47.0 Å². The average Bonchev–Trinajstić information content (AvgIpc) is 2.85. The van der Waals surface area contributed by atoms with Gasteiger partial charge in [-0.25, -0.2) is 4.98 Å². The number of aromatic nitrogens is 1. The lowest BCUT2D eigenvalue weighted by atomic mass is 10.1. The lowest BCUT2D eigenvalue weighted by Crippen LogP contribution is -2.48. The van der Waals surface area contributed by atoms with E-state index in [2.05, 4.69) is 52.7 Å². The van der Waals surface area contributed by atoms with Gasteiger partial charge in [0.1, 0.15) is 0 Å². The van der Waals surface area contributed by atoms with Crippen molar-refractivity contribution in [3.63, 3.8) is 0 Å². The first-order valence-electron chi connectivity index (χ1n) is 7.08. The molecule has 2 rings (SSSR count). The summed E-state index contributed by atoms with van der Waals surface area (Å²) in [6, 6.07) is 0. The van der Waals surface area contributed by atoms with Crippen molar-refractivity contribution < 1.29 is 0 Å². The normalized spacial score (nSPS) is 19.6. The molecule has 7 heteroatoms. The van der Waals surface area contributed by atoms with Gasteiger partial charge in [-0.3, -0.25) is 4.99 Å². The lowest BCUT2D eigenvalue weighted by molar-refractivity contribution is 0.381. The Hall–Kier alpha value is -0.0200. The highest BCUT2D eigenvalue weighted by Crippen LogP contribution is 2.25. The van der Waals surface area contributed by atoms with Gasteiger partial charge in [-0.2, -0.15) is 11.8 Å². The molecular weight excluding hydrogens is 415 g/mol. The molecular formula is C14H25IN4S2. The number of guanidine groups is 1. The van der Waals surface area contributed by atoms with Gasteiger partial charge in [0.15, 0.2) is 5.96 Å². The van der Waals surface area contributed by atoms with Crippen LogP contribution in [0, 0.1) is 12.8 Å². The van der Waals surface area contributed by atoms with Crippen LogP contribution in [-0.2, 0) is 6.54 Å². The van der Waals surface area contributed by atoms with E-state index in [1.165, 1.54) is 10.6 Å². The van der Waals surface area contributed by atoms with Gasteiger partial charge in [0.05, 0.1) is 17.7 Å². The molecule has 0 amide bonds. The molecule has 0 spiro atoms. The van der Waals surface area contributed by atoms with Crippen LogP contribution in [0.5, 0.6) is 0 Å². The first kappa shape index (κ1) is 19.0. The van der Waals surface area contributed by atoms with Crippen molar-refractivity contribution in [1.82, 2.24) is 15.2 Å². The number of nitrogens with one attached hydrogen (secondary N) is 1. The van der Waals surface area contributed by atoms with Gasteiger partial charge in [0.25, 0.3) is 0 Å². The van der Waals surface area contributed by atoms with Crippen molar-refractivity contribution in [2.45, 2.75) is 32.6 Å². The second-order valence-electron chi connectivity index (χ2n) is 5.36. The molecule has 21 heavy (non-hydrogen) atoms. The maximum absolute atomic E-state index is 4.44. The molecule has 1 aromatic heterocycles. The molecule has 0 aliphatic carbocycles. The van der Waals surface area contributed by atoms with Crippen molar-refractivity contribution in [2.75, 3.05) is 25.9 Å². The predicted molar refractivity (Wildman–Crippen MR) is 105 cm³/mol. The number of aryl methyl sites for hydroxylation is 1. The Kier molecular flexibility index (Phi) is 8.33. The van der Waals surface area contributed by atoms with Crippen LogP contribution in [0.2, 0.25) is 0 Å². The molecule has 1 aliphatic rings. The number of thioether (sulfide) groups is 1. The summed E-state index contributed by atoms with van der Waals surface area (Å²) in [7, 11) is 1.87. The van der Waals surface area contributed by atoms with Gasteiger partial charge in [0.2, 0.25) is 0 Å². The molecule has 0 aromatic carbocycles. The number of aliphatic imine (C=N–C) groups is 1. The quantitative estimate of drug-likeness (QED) is 0.445. The van der Waals surface area contributed by atoms with Crippen LogP contribution < -0.4 is 5.32 Å². The van der Waals surface area contributed by atoms with E-state index in [-0.39, 0.29) is 24.0 Å². The topological polar surface area (TPSA) is 40.5 Å². The molecule has 0 saturated carbocycles. The second kappa shape index (κ2) is 9.19. The van der Waals surface area contributed by atoms with Gasteiger partial charge in [-0.1, -0.05) is 13.8 Å². The number of halogens is 1. The molecule has 1 atom stereocenters. The summed E-state index contributed by atoms with van der Waals surface area (Å²) in [5.41, 5.74) is 3.02. The molecule has 120 valence electrons. The van der Waals surface area contributed by atoms with Crippen LogP contribution in [0.25, 0.3) is 0 Å². The molecule has 1 fully saturated rings. The van der Waals surface area contributed by atoms with E-state index >= 15 is 0 Å². The van der Waals surface area contributed by atoms with E-state index in [1.54, 1.807) is 11.3 Å². The van der Waals surface area contributed by atoms with Gasteiger partial charge in [-0.15, -0.1) is 35.3 Å². The number of nitrogens with zero attached hydrogens (tertiary/aromatic N) is 3. The standard InChI is InChI=1S/C14H24N4S2.HI/c1-10(2)13-8-18(5-6-19-13)14(15-4)16-7-12-11(3)17-9-20-12;/h9-10,13H,5-8H2,1-4H3,(H,15,16);1H. The monoisotopic (exact) mass is 440 g/mol. The number of thiazole rings is 1. The van der Waals surface area contributed by atoms with Crippen LogP contribution in [0.1, 0.15) is 24.4 Å². The van der Waals surface area contributed by atoms with E-state index in [4.69, 9.17) is 0 Å². The summed E-state index contributed by atoms with van der Waals surface area (Å²) in [4.78, 5) is 12.4. The Balaban J connectivity index is 0.00000220. The molecule has 1 aliphatic heterocycles. The fraction of sp³-hybridized carbons (Fsp3) is 0.714. The Morgan fingerprint density at radius 3 is 2.90 bits per heavy atom. The van der Waals surface area contributed by atoms with E-state index < -0.39 is 0 Å². The predicted octanol–water partition coefficient (Wildman–Crippen LogP) is 3.22. The zero-order chi connectivity index (χ0) is 14.5. The highest BCUT2D eigenvalue weighted by Gasteiger charge is 2.24. The minimum Gasteiger partial charge on any atom is -0.351 e. The summed E-state index contributed by atoms with van der Waals surface area (Å²) < 4.78 is 0. The third-order valence-corrected chi connectivity index (χ3v) is 6.08. The number of hydrogen-bond donors (Lipinski definition) is 1. The van der Waals surface area contributed by atoms with Gasteiger partial charge >= 0.3 is 0 Å². The molecule has 0 bridgehead atoms. The highest BCUT2D eigenvalue weighted by molar-refractivity contribution is 14.0. The number of rotatable bonds is 3. The Bertz CT molecular complexity index is 462. The van der Waals surface area contributed by atoms with Crippen molar-refractivity contribution in [1.29, 1.82) is 0 Å². The first-order chi connectivity index (χ1) is 9.61. The molecule has 2 heterocycles. The van der Waals surface area contributed by atoms with Crippen LogP contribution >= 0.6 is 47.1 Å². The highest BCUT2D eigenvalue weighted by atomic mass is 127. The molecule has 1 N–H and O–H groups in total. The minimum absolute atomic E-state index is 0. The fourth-order valence-electron chi connectivity index (χ4n) is 2.26. The fourth-order valence-corrected chi connectivity index (χ4v) is 4.27. The third kappa shape index (κ3) is 5.28. The first-order valence-corrected chi connectivity index (χ1v) is 9.00. The van der Waals surface area contributed by atoms with E-state index in [1.807, 2.05) is 12.6 Å². The molecule has 0 radical (unpaired) electrons.